The lowest BCUT2D eigenvalue weighted by atomic mass is 10.3. The van der Waals surface area contributed by atoms with Crippen LogP contribution in [-0.4, -0.2) is 36.8 Å². The second kappa shape index (κ2) is 7.78. The van der Waals surface area contributed by atoms with Crippen LogP contribution in [0.15, 0.2) is 46.2 Å². The average molecular weight is 477 g/mol. The first-order valence-electron chi connectivity index (χ1n) is 7.83. The molecule has 10 nitrogen and oxygen atoms in total. The van der Waals surface area contributed by atoms with Gasteiger partial charge in [-0.05, 0) is 43.3 Å². The van der Waals surface area contributed by atoms with E-state index in [-0.39, 0.29) is 37.3 Å². The van der Waals surface area contributed by atoms with Crippen LogP contribution in [0.4, 0.5) is 11.5 Å². The molecule has 3 aromatic rings. The number of aryl methyl sites for hydroxylation is 2. The van der Waals surface area contributed by atoms with Crippen LogP contribution < -0.4 is 9.44 Å². The summed E-state index contributed by atoms with van der Waals surface area (Å²) in [5.74, 6) is -0.0131. The molecule has 0 saturated carbocycles. The number of aromatic nitrogens is 4. The van der Waals surface area contributed by atoms with Gasteiger partial charge in [0.2, 0.25) is 0 Å². The molecule has 3 rings (SSSR count). The maximum atomic E-state index is 12.6. The minimum Gasteiger partial charge on any atom is -0.279 e. The molecule has 0 aliphatic carbocycles. The summed E-state index contributed by atoms with van der Waals surface area (Å²) in [4.78, 5) is -0.255. The number of hydrogen-bond donors (Lipinski definition) is 2. The van der Waals surface area contributed by atoms with Gasteiger partial charge in [0.25, 0.3) is 20.0 Å². The Morgan fingerprint density at radius 1 is 0.897 bits per heavy atom. The van der Waals surface area contributed by atoms with E-state index in [2.05, 4.69) is 24.7 Å². The van der Waals surface area contributed by atoms with E-state index in [1.165, 1.54) is 55.1 Å². The van der Waals surface area contributed by atoms with Gasteiger partial charge in [0.05, 0.1) is 10.6 Å². The fraction of sp³-hybridized carbons (Fsp3) is 0.133. The Bertz CT molecular complexity index is 1260. The van der Waals surface area contributed by atoms with Crippen molar-refractivity contribution in [2.24, 2.45) is 7.05 Å². The summed E-state index contributed by atoms with van der Waals surface area (Å²) in [6, 6.07) is 7.83. The maximum absolute atomic E-state index is 12.6. The van der Waals surface area contributed by atoms with Gasteiger partial charge >= 0.3 is 0 Å². The standard InChI is InChI=1S/C15H14Cl2N6O4S2/c1-9-14(15(17)23(2)20-9)29(26,27)21-10-3-5-11(6-4-10)28(24,25)22-13-8-7-12(16)18-19-13/h3-8,21H,1-2H3,(H,19,22). The van der Waals surface area contributed by atoms with Crippen LogP contribution in [0.1, 0.15) is 5.69 Å². The Kier molecular flexibility index (Phi) is 5.72. The molecule has 0 radical (unpaired) electrons. The molecule has 14 heteroatoms. The Balaban J connectivity index is 1.82. The molecule has 0 bridgehead atoms. The average Bonchev–Trinajstić information content (AvgIpc) is 2.89. The van der Waals surface area contributed by atoms with Gasteiger partial charge in [0.1, 0.15) is 10.0 Å². The van der Waals surface area contributed by atoms with E-state index in [4.69, 9.17) is 23.2 Å². The van der Waals surface area contributed by atoms with E-state index in [0.29, 0.717) is 0 Å². The number of nitrogens with zero attached hydrogens (tertiary/aromatic N) is 4. The first-order chi connectivity index (χ1) is 13.5. The number of nitrogens with one attached hydrogen (secondary N) is 2. The minimum atomic E-state index is -4.02. The van der Waals surface area contributed by atoms with Crippen molar-refractivity contribution < 1.29 is 16.8 Å². The monoisotopic (exact) mass is 476 g/mol. The van der Waals surface area contributed by atoms with E-state index in [1.807, 2.05) is 0 Å². The van der Waals surface area contributed by atoms with Crippen molar-refractivity contribution in [2.75, 3.05) is 9.44 Å². The Morgan fingerprint density at radius 2 is 1.55 bits per heavy atom. The highest BCUT2D eigenvalue weighted by Gasteiger charge is 2.25. The van der Waals surface area contributed by atoms with E-state index >= 15 is 0 Å². The molecule has 154 valence electrons. The second-order valence-corrected chi connectivity index (χ2v) is 9.85. The molecular formula is C15H14Cl2N6O4S2. The Labute approximate surface area is 177 Å². The van der Waals surface area contributed by atoms with Crippen molar-refractivity contribution in [1.82, 2.24) is 20.0 Å². The third kappa shape index (κ3) is 4.61. The van der Waals surface area contributed by atoms with Crippen LogP contribution in [0.2, 0.25) is 10.3 Å². The van der Waals surface area contributed by atoms with Crippen LogP contribution in [0.25, 0.3) is 0 Å². The normalized spacial score (nSPS) is 12.0. The molecule has 2 aromatic heterocycles. The zero-order valence-corrected chi connectivity index (χ0v) is 18.1. The molecule has 0 amide bonds. The summed E-state index contributed by atoms with van der Waals surface area (Å²) in [7, 11) is -6.45. The number of halogens is 2. The smallest absolute Gasteiger partial charge is 0.266 e. The van der Waals surface area contributed by atoms with E-state index < -0.39 is 20.0 Å². The van der Waals surface area contributed by atoms with Gasteiger partial charge in [0, 0.05) is 12.7 Å². The van der Waals surface area contributed by atoms with Gasteiger partial charge in [0.15, 0.2) is 11.0 Å². The largest absolute Gasteiger partial charge is 0.279 e. The lowest BCUT2D eigenvalue weighted by Gasteiger charge is -2.10. The molecule has 0 spiro atoms. The highest BCUT2D eigenvalue weighted by atomic mass is 35.5. The van der Waals surface area contributed by atoms with Crippen LogP contribution >= 0.6 is 23.2 Å². The Morgan fingerprint density at radius 3 is 2.07 bits per heavy atom. The number of hydrogen-bond acceptors (Lipinski definition) is 7. The molecule has 29 heavy (non-hydrogen) atoms. The van der Waals surface area contributed by atoms with Crippen molar-refractivity contribution in [3.8, 4) is 0 Å². The molecule has 0 saturated heterocycles. The zero-order valence-electron chi connectivity index (χ0n) is 15.0. The van der Waals surface area contributed by atoms with Crippen molar-refractivity contribution in [1.29, 1.82) is 0 Å². The number of rotatable bonds is 6. The van der Waals surface area contributed by atoms with Gasteiger partial charge < -0.3 is 0 Å². The van der Waals surface area contributed by atoms with Crippen LogP contribution in [0.5, 0.6) is 0 Å². The molecule has 0 unspecified atom stereocenters. The fourth-order valence-corrected chi connectivity index (χ4v) is 5.30. The SMILES string of the molecule is Cc1nn(C)c(Cl)c1S(=O)(=O)Nc1ccc(S(=O)(=O)Nc2ccc(Cl)nn2)cc1. The number of sulfonamides is 2. The van der Waals surface area contributed by atoms with Gasteiger partial charge in [-0.3, -0.25) is 14.1 Å². The molecule has 0 atom stereocenters. The molecule has 0 aliphatic heterocycles. The summed E-state index contributed by atoms with van der Waals surface area (Å²) in [6.45, 7) is 1.52. The van der Waals surface area contributed by atoms with Crippen LogP contribution in [0.3, 0.4) is 0 Å². The lowest BCUT2D eigenvalue weighted by molar-refractivity contribution is 0.599. The predicted molar refractivity (Wildman–Crippen MR) is 108 cm³/mol. The topological polar surface area (TPSA) is 136 Å². The van der Waals surface area contributed by atoms with Crippen molar-refractivity contribution in [3.05, 3.63) is 52.4 Å². The van der Waals surface area contributed by atoms with E-state index in [1.54, 1.807) is 0 Å². The maximum Gasteiger partial charge on any atom is 0.266 e. The predicted octanol–water partition coefficient (Wildman–Crippen LogP) is 2.43. The molecule has 2 heterocycles. The number of benzene rings is 1. The van der Waals surface area contributed by atoms with E-state index in [0.717, 1.165) is 0 Å². The molecular weight excluding hydrogens is 463 g/mol. The molecule has 2 N–H and O–H groups in total. The van der Waals surface area contributed by atoms with E-state index in [9.17, 15) is 16.8 Å². The first kappa shape index (κ1) is 21.3. The quantitative estimate of drug-likeness (QED) is 0.557. The van der Waals surface area contributed by atoms with Crippen molar-refractivity contribution in [3.63, 3.8) is 0 Å². The second-order valence-electron chi connectivity index (χ2n) is 5.81. The number of anilines is 2. The summed E-state index contributed by atoms with van der Waals surface area (Å²) in [6.07, 6.45) is 0. The Hall–Kier alpha value is -2.41. The van der Waals surface area contributed by atoms with Gasteiger partial charge in [-0.2, -0.15) is 5.10 Å². The highest BCUT2D eigenvalue weighted by molar-refractivity contribution is 7.93. The molecule has 1 aromatic carbocycles. The minimum absolute atomic E-state index is 0.0131. The van der Waals surface area contributed by atoms with Crippen LogP contribution in [-0.2, 0) is 27.1 Å². The third-order valence-electron chi connectivity index (χ3n) is 3.66. The fourth-order valence-electron chi connectivity index (χ4n) is 2.39. The summed E-state index contributed by atoms with van der Waals surface area (Å²) < 4.78 is 55.9. The summed E-state index contributed by atoms with van der Waals surface area (Å²) in [5, 5.41) is 11.2. The van der Waals surface area contributed by atoms with Gasteiger partial charge in [-0.1, -0.05) is 23.2 Å². The molecule has 0 fully saturated rings. The van der Waals surface area contributed by atoms with Crippen molar-refractivity contribution in [2.45, 2.75) is 16.7 Å². The summed E-state index contributed by atoms with van der Waals surface area (Å²) >= 11 is 11.6. The first-order valence-corrected chi connectivity index (χ1v) is 11.6. The zero-order chi connectivity index (χ0) is 21.4. The van der Waals surface area contributed by atoms with Crippen molar-refractivity contribution >= 4 is 54.8 Å². The van der Waals surface area contributed by atoms with Gasteiger partial charge in [-0.25, -0.2) is 16.8 Å². The highest BCUT2D eigenvalue weighted by Crippen LogP contribution is 2.27. The molecule has 0 aliphatic rings. The summed E-state index contributed by atoms with van der Waals surface area (Å²) in [5.41, 5.74) is 0.382. The van der Waals surface area contributed by atoms with Gasteiger partial charge in [-0.15, -0.1) is 10.2 Å². The lowest BCUT2D eigenvalue weighted by Crippen LogP contribution is -2.15. The van der Waals surface area contributed by atoms with Crippen LogP contribution in [0, 0.1) is 6.92 Å². The third-order valence-corrected chi connectivity index (χ3v) is 7.31.